The van der Waals surface area contributed by atoms with Gasteiger partial charge in [-0.05, 0) is 31.8 Å². The van der Waals surface area contributed by atoms with Crippen LogP contribution < -0.4 is 5.32 Å². The fraction of sp³-hybridized carbons (Fsp3) is 0.692. The van der Waals surface area contributed by atoms with Crippen LogP contribution in [-0.4, -0.2) is 51.4 Å². The second-order valence-electron chi connectivity index (χ2n) is 5.53. The van der Waals surface area contributed by atoms with Crippen molar-refractivity contribution < 1.29 is 9.90 Å². The minimum atomic E-state index is -0.888. The van der Waals surface area contributed by atoms with Gasteiger partial charge in [-0.1, -0.05) is 0 Å². The predicted octanol–water partition coefficient (Wildman–Crippen LogP) is 0.302. The van der Waals surface area contributed by atoms with E-state index in [9.17, 15) is 9.90 Å². The maximum Gasteiger partial charge on any atom is 0.339 e. The molecule has 2 unspecified atom stereocenters. The number of aromatic carboxylic acids is 1. The summed E-state index contributed by atoms with van der Waals surface area (Å²) in [6.45, 7) is 3.84. The molecule has 0 bridgehead atoms. The van der Waals surface area contributed by atoms with E-state index in [-0.39, 0.29) is 0 Å². The summed E-state index contributed by atoms with van der Waals surface area (Å²) in [5, 5.41) is 16.7. The Labute approximate surface area is 112 Å². The lowest BCUT2D eigenvalue weighted by Gasteiger charge is -2.37. The number of rotatable bonds is 3. The molecule has 3 heterocycles. The fourth-order valence-electron chi connectivity index (χ4n) is 3.38. The van der Waals surface area contributed by atoms with Gasteiger partial charge < -0.3 is 10.4 Å². The molecule has 2 atom stereocenters. The van der Waals surface area contributed by atoms with Crippen LogP contribution in [0.4, 0.5) is 0 Å². The van der Waals surface area contributed by atoms with E-state index in [1.54, 1.807) is 4.68 Å². The van der Waals surface area contributed by atoms with Crippen LogP contribution >= 0.6 is 0 Å². The Morgan fingerprint density at radius 3 is 3.21 bits per heavy atom. The zero-order valence-corrected chi connectivity index (χ0v) is 11.2. The SMILES string of the molecule is Cn1ncc(C(=O)O)c1CN1CCCC2CNCC21. The lowest BCUT2D eigenvalue weighted by atomic mass is 9.92. The summed E-state index contributed by atoms with van der Waals surface area (Å²) in [7, 11) is 1.82. The third-order valence-corrected chi connectivity index (χ3v) is 4.44. The zero-order chi connectivity index (χ0) is 13.4. The summed E-state index contributed by atoms with van der Waals surface area (Å²) in [4.78, 5) is 13.6. The van der Waals surface area contributed by atoms with Gasteiger partial charge in [-0.3, -0.25) is 9.58 Å². The van der Waals surface area contributed by atoms with E-state index in [2.05, 4.69) is 15.3 Å². The van der Waals surface area contributed by atoms with Gasteiger partial charge in [-0.2, -0.15) is 5.10 Å². The van der Waals surface area contributed by atoms with Crippen molar-refractivity contribution in [3.05, 3.63) is 17.5 Å². The van der Waals surface area contributed by atoms with Crippen molar-refractivity contribution in [2.24, 2.45) is 13.0 Å². The first-order valence-electron chi connectivity index (χ1n) is 6.85. The average Bonchev–Trinajstić information content (AvgIpc) is 2.97. The summed E-state index contributed by atoms with van der Waals surface area (Å²) in [5.74, 6) is -0.170. The van der Waals surface area contributed by atoms with Crippen molar-refractivity contribution in [1.29, 1.82) is 0 Å². The van der Waals surface area contributed by atoms with E-state index in [1.807, 2.05) is 7.05 Å². The molecule has 2 aliphatic heterocycles. The van der Waals surface area contributed by atoms with E-state index in [4.69, 9.17) is 0 Å². The van der Waals surface area contributed by atoms with Crippen molar-refractivity contribution in [2.45, 2.75) is 25.4 Å². The molecule has 19 heavy (non-hydrogen) atoms. The van der Waals surface area contributed by atoms with E-state index >= 15 is 0 Å². The lowest BCUT2D eigenvalue weighted by Crippen LogP contribution is -2.44. The Bertz CT molecular complexity index is 485. The van der Waals surface area contributed by atoms with E-state index < -0.39 is 5.97 Å². The molecule has 2 N–H and O–H groups in total. The first kappa shape index (κ1) is 12.6. The number of carboxylic acid groups (broad SMARTS) is 1. The topological polar surface area (TPSA) is 70.4 Å². The van der Waals surface area contributed by atoms with Crippen molar-refractivity contribution >= 4 is 5.97 Å². The number of piperidine rings is 1. The van der Waals surface area contributed by atoms with Gasteiger partial charge in [-0.25, -0.2) is 4.79 Å². The molecule has 6 heteroatoms. The van der Waals surface area contributed by atoms with Crippen molar-refractivity contribution in [2.75, 3.05) is 19.6 Å². The Balaban J connectivity index is 1.81. The summed E-state index contributed by atoms with van der Waals surface area (Å²) >= 11 is 0. The molecule has 0 aromatic carbocycles. The molecule has 3 rings (SSSR count). The van der Waals surface area contributed by atoms with Crippen LogP contribution in [0.2, 0.25) is 0 Å². The molecule has 104 valence electrons. The number of nitrogens with zero attached hydrogens (tertiary/aromatic N) is 3. The normalized spacial score (nSPS) is 27.4. The number of aromatic nitrogens is 2. The highest BCUT2D eigenvalue weighted by Gasteiger charge is 2.35. The zero-order valence-electron chi connectivity index (χ0n) is 11.2. The molecule has 2 fully saturated rings. The van der Waals surface area contributed by atoms with Crippen LogP contribution in [0.3, 0.4) is 0 Å². The third kappa shape index (κ3) is 2.26. The van der Waals surface area contributed by atoms with E-state index in [1.165, 1.54) is 19.0 Å². The highest BCUT2D eigenvalue weighted by molar-refractivity contribution is 5.88. The maximum atomic E-state index is 11.2. The number of likely N-dealkylation sites (tertiary alicyclic amines) is 1. The van der Waals surface area contributed by atoms with Gasteiger partial charge in [0.05, 0.1) is 11.9 Å². The van der Waals surface area contributed by atoms with Gasteiger partial charge in [0, 0.05) is 26.2 Å². The second kappa shape index (κ2) is 4.94. The first-order chi connectivity index (χ1) is 9.16. The number of hydrogen-bond donors (Lipinski definition) is 2. The Morgan fingerprint density at radius 2 is 2.42 bits per heavy atom. The smallest absolute Gasteiger partial charge is 0.339 e. The number of hydrogen-bond acceptors (Lipinski definition) is 4. The molecule has 2 saturated heterocycles. The van der Waals surface area contributed by atoms with Gasteiger partial charge in [0.2, 0.25) is 0 Å². The summed E-state index contributed by atoms with van der Waals surface area (Å²) in [6.07, 6.45) is 3.93. The van der Waals surface area contributed by atoms with Gasteiger partial charge in [0.1, 0.15) is 5.56 Å². The van der Waals surface area contributed by atoms with Crippen molar-refractivity contribution in [3.63, 3.8) is 0 Å². The molecule has 0 saturated carbocycles. The van der Waals surface area contributed by atoms with E-state index in [0.29, 0.717) is 18.2 Å². The summed E-state index contributed by atoms with van der Waals surface area (Å²) in [5.41, 5.74) is 1.13. The molecule has 1 aromatic rings. The second-order valence-corrected chi connectivity index (χ2v) is 5.53. The number of aryl methyl sites for hydroxylation is 1. The molecule has 0 spiro atoms. The fourth-order valence-corrected chi connectivity index (χ4v) is 3.38. The average molecular weight is 264 g/mol. The highest BCUT2D eigenvalue weighted by atomic mass is 16.4. The number of fused-ring (bicyclic) bond motifs is 1. The maximum absolute atomic E-state index is 11.2. The Hall–Kier alpha value is -1.40. The van der Waals surface area contributed by atoms with Gasteiger partial charge >= 0.3 is 5.97 Å². The minimum absolute atomic E-state index is 0.329. The standard InChI is InChI=1S/C13H20N4O2/c1-16-12(10(6-15-16)13(18)19)8-17-4-2-3-9-5-14-7-11(9)17/h6,9,11,14H,2-5,7-8H2,1H3,(H,18,19). The molecular formula is C13H20N4O2. The molecule has 0 aliphatic carbocycles. The lowest BCUT2D eigenvalue weighted by molar-refractivity contribution is 0.0690. The van der Waals surface area contributed by atoms with Crippen LogP contribution in [0.15, 0.2) is 6.20 Å². The Morgan fingerprint density at radius 1 is 1.58 bits per heavy atom. The largest absolute Gasteiger partial charge is 0.478 e. The Kier molecular flexibility index (Phi) is 3.28. The molecule has 2 aliphatic rings. The van der Waals surface area contributed by atoms with Crippen molar-refractivity contribution in [1.82, 2.24) is 20.0 Å². The summed E-state index contributed by atoms with van der Waals surface area (Å²) < 4.78 is 1.69. The van der Waals surface area contributed by atoms with Gasteiger partial charge in [0.15, 0.2) is 0 Å². The molecule has 0 radical (unpaired) electrons. The first-order valence-corrected chi connectivity index (χ1v) is 6.85. The third-order valence-electron chi connectivity index (χ3n) is 4.44. The number of nitrogens with one attached hydrogen (secondary N) is 1. The minimum Gasteiger partial charge on any atom is -0.478 e. The molecule has 0 amide bonds. The van der Waals surface area contributed by atoms with Crippen LogP contribution in [0.1, 0.15) is 28.9 Å². The molecule has 6 nitrogen and oxygen atoms in total. The van der Waals surface area contributed by atoms with Crippen LogP contribution in [-0.2, 0) is 13.6 Å². The number of carboxylic acids is 1. The quantitative estimate of drug-likeness (QED) is 0.822. The molecular weight excluding hydrogens is 244 g/mol. The van der Waals surface area contributed by atoms with E-state index in [0.717, 1.165) is 31.2 Å². The highest BCUT2D eigenvalue weighted by Crippen LogP contribution is 2.28. The monoisotopic (exact) mass is 264 g/mol. The van der Waals surface area contributed by atoms with Crippen LogP contribution in [0.5, 0.6) is 0 Å². The summed E-state index contributed by atoms with van der Waals surface area (Å²) in [6, 6.07) is 0.547. The van der Waals surface area contributed by atoms with Gasteiger partial charge in [-0.15, -0.1) is 0 Å². The van der Waals surface area contributed by atoms with Crippen molar-refractivity contribution in [3.8, 4) is 0 Å². The van der Waals surface area contributed by atoms with Crippen LogP contribution in [0.25, 0.3) is 0 Å². The predicted molar refractivity (Wildman–Crippen MR) is 70.0 cm³/mol. The molecule has 1 aromatic heterocycles. The van der Waals surface area contributed by atoms with Gasteiger partial charge in [0.25, 0.3) is 0 Å². The number of carbonyl (C=O) groups is 1. The van der Waals surface area contributed by atoms with Crippen LogP contribution in [0, 0.1) is 5.92 Å².